The molecule has 1 aromatic carbocycles. The van der Waals surface area contributed by atoms with Gasteiger partial charge in [0.15, 0.2) is 0 Å². The van der Waals surface area contributed by atoms with Gasteiger partial charge in [0.05, 0.1) is 29.3 Å². The number of fused-ring (bicyclic) bond motifs is 1. The van der Waals surface area contributed by atoms with E-state index in [0.29, 0.717) is 39.1 Å². The van der Waals surface area contributed by atoms with Crippen LogP contribution in [0.4, 0.5) is 5.69 Å². The molecule has 1 fully saturated rings. The van der Waals surface area contributed by atoms with Crippen molar-refractivity contribution in [1.29, 1.82) is 0 Å². The van der Waals surface area contributed by atoms with Crippen LogP contribution >= 0.6 is 0 Å². The van der Waals surface area contributed by atoms with E-state index >= 15 is 0 Å². The molecule has 172 valence electrons. The SMILES string of the molecule is COCCOCC(=O)N1CCC(NC(=O)CN2C(=O)c3ccc([N+](=O)[O-])cc3C2=O)CC1. The molecule has 2 heterocycles. The number of hydrogen-bond acceptors (Lipinski definition) is 8. The lowest BCUT2D eigenvalue weighted by atomic mass is 10.0. The van der Waals surface area contributed by atoms with Gasteiger partial charge in [0.2, 0.25) is 11.8 Å². The van der Waals surface area contributed by atoms with E-state index in [1.165, 1.54) is 6.07 Å². The Bertz CT molecular complexity index is 926. The largest absolute Gasteiger partial charge is 0.382 e. The van der Waals surface area contributed by atoms with E-state index < -0.39 is 29.2 Å². The molecule has 0 aliphatic carbocycles. The lowest BCUT2D eigenvalue weighted by Gasteiger charge is -2.32. The minimum absolute atomic E-state index is 0.0295. The van der Waals surface area contributed by atoms with Crippen molar-refractivity contribution in [1.82, 2.24) is 15.1 Å². The van der Waals surface area contributed by atoms with Gasteiger partial charge in [-0.2, -0.15) is 0 Å². The number of likely N-dealkylation sites (tertiary alicyclic amines) is 1. The molecule has 1 saturated heterocycles. The van der Waals surface area contributed by atoms with Crippen LogP contribution in [0.15, 0.2) is 18.2 Å². The number of benzene rings is 1. The van der Waals surface area contributed by atoms with Gasteiger partial charge in [-0.05, 0) is 18.9 Å². The summed E-state index contributed by atoms with van der Waals surface area (Å²) in [5.74, 6) is -2.05. The van der Waals surface area contributed by atoms with Crippen molar-refractivity contribution in [3.63, 3.8) is 0 Å². The second-order valence-electron chi connectivity index (χ2n) is 7.45. The van der Waals surface area contributed by atoms with Crippen LogP contribution in [0.2, 0.25) is 0 Å². The number of nitro groups is 1. The second kappa shape index (κ2) is 10.3. The fourth-order valence-electron chi connectivity index (χ4n) is 3.62. The lowest BCUT2D eigenvalue weighted by molar-refractivity contribution is -0.384. The van der Waals surface area contributed by atoms with Crippen LogP contribution < -0.4 is 5.32 Å². The number of methoxy groups -OCH3 is 1. The molecule has 3 rings (SSSR count). The summed E-state index contributed by atoms with van der Waals surface area (Å²) in [5.41, 5.74) is -0.355. The molecule has 0 aromatic heterocycles. The first-order valence-electron chi connectivity index (χ1n) is 10.1. The summed E-state index contributed by atoms with van der Waals surface area (Å²) in [6.07, 6.45) is 1.06. The predicted octanol–water partition coefficient (Wildman–Crippen LogP) is -0.0390. The number of nitro benzene ring substituents is 1. The monoisotopic (exact) mass is 448 g/mol. The molecule has 2 aliphatic rings. The van der Waals surface area contributed by atoms with Crippen LogP contribution in [-0.4, -0.2) is 91.0 Å². The molecule has 0 saturated carbocycles. The van der Waals surface area contributed by atoms with Gasteiger partial charge in [0.25, 0.3) is 17.5 Å². The maximum atomic E-state index is 12.5. The number of amides is 4. The number of non-ortho nitro benzene ring substituents is 1. The zero-order valence-corrected chi connectivity index (χ0v) is 17.6. The summed E-state index contributed by atoms with van der Waals surface area (Å²) in [4.78, 5) is 62.2. The standard InChI is InChI=1S/C20H24N4O8/c1-31-8-9-32-12-18(26)22-6-4-13(5-7-22)21-17(25)11-23-19(27)15-3-2-14(24(29)30)10-16(15)20(23)28/h2-3,10,13H,4-9,11-12H2,1H3,(H,21,25). The van der Waals surface area contributed by atoms with Gasteiger partial charge in [-0.25, -0.2) is 0 Å². The van der Waals surface area contributed by atoms with Crippen molar-refractivity contribution in [3.05, 3.63) is 39.4 Å². The molecule has 4 amide bonds. The first kappa shape index (κ1) is 23.3. The zero-order chi connectivity index (χ0) is 23.3. The first-order chi connectivity index (χ1) is 15.3. The summed E-state index contributed by atoms with van der Waals surface area (Å²) < 4.78 is 10.1. The van der Waals surface area contributed by atoms with Crippen LogP contribution in [0.3, 0.4) is 0 Å². The number of hydrogen-bond donors (Lipinski definition) is 1. The highest BCUT2D eigenvalue weighted by molar-refractivity contribution is 6.22. The molecule has 12 nitrogen and oxygen atoms in total. The molecule has 0 unspecified atom stereocenters. The molecule has 32 heavy (non-hydrogen) atoms. The number of piperidine rings is 1. The molecule has 0 atom stereocenters. The topological polar surface area (TPSA) is 148 Å². The van der Waals surface area contributed by atoms with E-state index in [9.17, 15) is 29.3 Å². The lowest BCUT2D eigenvalue weighted by Crippen LogP contribution is -2.49. The van der Waals surface area contributed by atoms with Gasteiger partial charge in [0.1, 0.15) is 13.2 Å². The summed E-state index contributed by atoms with van der Waals surface area (Å²) in [6.45, 7) is 1.14. The predicted molar refractivity (Wildman–Crippen MR) is 109 cm³/mol. The third-order valence-electron chi connectivity index (χ3n) is 5.34. The Morgan fingerprint density at radius 1 is 1.16 bits per heavy atom. The van der Waals surface area contributed by atoms with E-state index in [-0.39, 0.29) is 35.4 Å². The van der Waals surface area contributed by atoms with E-state index in [4.69, 9.17) is 9.47 Å². The molecular weight excluding hydrogens is 424 g/mol. The molecule has 0 spiro atoms. The Morgan fingerprint density at radius 3 is 2.50 bits per heavy atom. The van der Waals surface area contributed by atoms with Crippen LogP contribution in [-0.2, 0) is 19.1 Å². The van der Waals surface area contributed by atoms with Gasteiger partial charge in [-0.15, -0.1) is 0 Å². The Balaban J connectivity index is 1.47. The number of ether oxygens (including phenoxy) is 2. The van der Waals surface area contributed by atoms with Gasteiger partial charge in [-0.3, -0.25) is 34.2 Å². The third kappa shape index (κ3) is 5.26. The van der Waals surface area contributed by atoms with E-state index in [1.54, 1.807) is 12.0 Å². The fraction of sp³-hybridized carbons (Fsp3) is 0.500. The summed E-state index contributed by atoms with van der Waals surface area (Å²) in [7, 11) is 1.55. The summed E-state index contributed by atoms with van der Waals surface area (Å²) in [5, 5.41) is 13.7. The fourth-order valence-corrected chi connectivity index (χ4v) is 3.62. The molecule has 0 bridgehead atoms. The van der Waals surface area contributed by atoms with Crippen molar-refractivity contribution in [2.45, 2.75) is 18.9 Å². The quantitative estimate of drug-likeness (QED) is 0.239. The van der Waals surface area contributed by atoms with Gasteiger partial charge in [-0.1, -0.05) is 0 Å². The number of rotatable bonds is 9. The molecule has 2 aliphatic heterocycles. The zero-order valence-electron chi connectivity index (χ0n) is 17.6. The Hall–Kier alpha value is -3.38. The first-order valence-corrected chi connectivity index (χ1v) is 10.1. The molecule has 12 heteroatoms. The average Bonchev–Trinajstić information content (AvgIpc) is 3.01. The van der Waals surface area contributed by atoms with Gasteiger partial charge >= 0.3 is 0 Å². The van der Waals surface area contributed by atoms with Crippen LogP contribution in [0.5, 0.6) is 0 Å². The van der Waals surface area contributed by atoms with Crippen LogP contribution in [0.25, 0.3) is 0 Å². The van der Waals surface area contributed by atoms with Gasteiger partial charge < -0.3 is 19.7 Å². The van der Waals surface area contributed by atoms with Crippen LogP contribution in [0, 0.1) is 10.1 Å². The smallest absolute Gasteiger partial charge is 0.270 e. The summed E-state index contributed by atoms with van der Waals surface area (Å²) >= 11 is 0. The van der Waals surface area contributed by atoms with E-state index in [0.717, 1.165) is 17.0 Å². The van der Waals surface area contributed by atoms with Crippen molar-refractivity contribution < 1.29 is 33.6 Å². The maximum absolute atomic E-state index is 12.5. The molecule has 0 radical (unpaired) electrons. The minimum atomic E-state index is -0.738. The molecule has 1 aromatic rings. The van der Waals surface area contributed by atoms with Crippen molar-refractivity contribution >= 4 is 29.3 Å². The Kier molecular flexibility index (Phi) is 7.49. The van der Waals surface area contributed by atoms with Crippen molar-refractivity contribution in [2.24, 2.45) is 0 Å². The second-order valence-corrected chi connectivity index (χ2v) is 7.45. The van der Waals surface area contributed by atoms with Crippen molar-refractivity contribution in [2.75, 3.05) is 46.6 Å². The molecular formula is C20H24N4O8. The number of imide groups is 1. The maximum Gasteiger partial charge on any atom is 0.270 e. The average molecular weight is 448 g/mol. The van der Waals surface area contributed by atoms with E-state index in [2.05, 4.69) is 5.32 Å². The van der Waals surface area contributed by atoms with Gasteiger partial charge in [0, 0.05) is 38.4 Å². The Labute approximate surface area is 183 Å². The summed E-state index contributed by atoms with van der Waals surface area (Å²) in [6, 6.07) is 3.21. The van der Waals surface area contributed by atoms with E-state index in [1.807, 2.05) is 0 Å². The highest BCUT2D eigenvalue weighted by Crippen LogP contribution is 2.26. The minimum Gasteiger partial charge on any atom is -0.382 e. The van der Waals surface area contributed by atoms with Crippen LogP contribution in [0.1, 0.15) is 33.6 Å². The highest BCUT2D eigenvalue weighted by Gasteiger charge is 2.38. The normalized spacial score (nSPS) is 16.3. The molecule has 1 N–H and O–H groups in total. The third-order valence-corrected chi connectivity index (χ3v) is 5.34. The Morgan fingerprint density at radius 2 is 1.84 bits per heavy atom. The number of carbonyl (C=O) groups excluding carboxylic acids is 4. The number of nitrogens with zero attached hydrogens (tertiary/aromatic N) is 3. The number of nitrogens with one attached hydrogen (secondary N) is 1. The highest BCUT2D eigenvalue weighted by atomic mass is 16.6. The van der Waals surface area contributed by atoms with Crippen molar-refractivity contribution in [3.8, 4) is 0 Å². The number of carbonyl (C=O) groups is 4.